The van der Waals surface area contributed by atoms with Crippen LogP contribution < -0.4 is 10.3 Å². The molecule has 2 aromatic rings. The number of rotatable bonds is 9. The third-order valence-electron chi connectivity index (χ3n) is 5.57. The molecule has 0 bridgehead atoms. The van der Waals surface area contributed by atoms with Crippen LogP contribution in [-0.4, -0.2) is 53.3 Å². The molecule has 0 aliphatic heterocycles. The number of benzene rings is 1. The lowest BCUT2D eigenvalue weighted by Crippen LogP contribution is -2.35. The van der Waals surface area contributed by atoms with Crippen LogP contribution in [0.5, 0.6) is 0 Å². The van der Waals surface area contributed by atoms with Crippen LogP contribution >= 0.6 is 0 Å². The van der Waals surface area contributed by atoms with E-state index in [-0.39, 0.29) is 17.0 Å². The second kappa shape index (κ2) is 8.31. The maximum Gasteiger partial charge on any atom is 0.341 e. The molecule has 0 saturated heterocycles. The molecule has 0 radical (unpaired) electrons. The lowest BCUT2D eigenvalue weighted by molar-refractivity contribution is 0.0695. The minimum Gasteiger partial charge on any atom is -0.477 e. The molecule has 0 unspecified atom stereocenters. The van der Waals surface area contributed by atoms with E-state index in [0.29, 0.717) is 24.3 Å². The fraction of sp³-hybridized carbons (Fsp3) is 0.524. The SMILES string of the molecule is CCN(CC)CCN(CC)c1cc2c(cc1F)c(=O)c(C(=O)O)cn2C1CC1. The summed E-state index contributed by atoms with van der Waals surface area (Å²) < 4.78 is 16.8. The molecule has 0 atom stereocenters. The number of aromatic nitrogens is 1. The number of anilines is 1. The molecular weight excluding hydrogens is 361 g/mol. The highest BCUT2D eigenvalue weighted by molar-refractivity contribution is 5.93. The van der Waals surface area contributed by atoms with Gasteiger partial charge in [-0.05, 0) is 45.0 Å². The Bertz CT molecular complexity index is 933. The predicted molar refractivity (Wildman–Crippen MR) is 109 cm³/mol. The molecule has 0 spiro atoms. The standard InChI is InChI=1S/C21H28FN3O3/c1-4-23(5-2)9-10-24(6-3)19-12-18-15(11-17(19)22)20(26)16(21(27)28)13-25(18)14-7-8-14/h11-14H,4-10H2,1-3H3,(H,27,28). The van der Waals surface area contributed by atoms with Gasteiger partial charge < -0.3 is 19.5 Å². The van der Waals surface area contributed by atoms with Crippen LogP contribution in [0.15, 0.2) is 23.1 Å². The fourth-order valence-corrected chi connectivity index (χ4v) is 3.66. The van der Waals surface area contributed by atoms with Crippen LogP contribution in [0, 0.1) is 5.82 Å². The van der Waals surface area contributed by atoms with Crippen LogP contribution in [0.3, 0.4) is 0 Å². The Morgan fingerprint density at radius 2 is 1.86 bits per heavy atom. The van der Waals surface area contributed by atoms with E-state index < -0.39 is 17.2 Å². The van der Waals surface area contributed by atoms with Gasteiger partial charge >= 0.3 is 5.97 Å². The molecular formula is C21H28FN3O3. The van der Waals surface area contributed by atoms with Crippen LogP contribution in [0.4, 0.5) is 10.1 Å². The number of fused-ring (bicyclic) bond motifs is 1. The summed E-state index contributed by atoms with van der Waals surface area (Å²) in [7, 11) is 0. The number of hydrogen-bond acceptors (Lipinski definition) is 4. The number of carboxylic acids is 1. The van der Waals surface area contributed by atoms with Gasteiger partial charge in [-0.1, -0.05) is 13.8 Å². The summed E-state index contributed by atoms with van der Waals surface area (Å²) in [4.78, 5) is 28.3. The van der Waals surface area contributed by atoms with E-state index in [0.717, 1.165) is 32.5 Å². The predicted octanol–water partition coefficient (Wildman–Crippen LogP) is 3.34. The zero-order chi connectivity index (χ0) is 20.4. The van der Waals surface area contributed by atoms with Crippen molar-refractivity contribution in [2.75, 3.05) is 37.6 Å². The highest BCUT2D eigenvalue weighted by atomic mass is 19.1. The Labute approximate surface area is 164 Å². The summed E-state index contributed by atoms with van der Waals surface area (Å²) in [5, 5.41) is 9.48. The first-order valence-corrected chi connectivity index (χ1v) is 10.00. The maximum atomic E-state index is 15.0. The van der Waals surface area contributed by atoms with Crippen molar-refractivity contribution in [3.8, 4) is 0 Å². The summed E-state index contributed by atoms with van der Waals surface area (Å²) in [6.07, 6.45) is 3.28. The van der Waals surface area contributed by atoms with Gasteiger partial charge in [-0.3, -0.25) is 4.79 Å². The molecule has 1 aromatic carbocycles. The Morgan fingerprint density at radius 1 is 1.18 bits per heavy atom. The van der Waals surface area contributed by atoms with Crippen LogP contribution in [-0.2, 0) is 0 Å². The normalized spacial score (nSPS) is 14.0. The number of carboxylic acid groups (broad SMARTS) is 1. The molecule has 1 saturated carbocycles. The second-order valence-corrected chi connectivity index (χ2v) is 7.24. The van der Waals surface area contributed by atoms with Gasteiger partial charge in [0.15, 0.2) is 0 Å². The molecule has 152 valence electrons. The first-order valence-electron chi connectivity index (χ1n) is 10.00. The molecule has 1 heterocycles. The first-order chi connectivity index (χ1) is 13.4. The van der Waals surface area contributed by atoms with Crippen molar-refractivity contribution in [1.29, 1.82) is 0 Å². The first kappa shape index (κ1) is 20.3. The Kier molecular flexibility index (Phi) is 6.03. The number of aromatic carboxylic acids is 1. The molecule has 1 aromatic heterocycles. The average Bonchev–Trinajstić information content (AvgIpc) is 3.51. The molecule has 7 heteroatoms. The minimum absolute atomic E-state index is 0.132. The van der Waals surface area contributed by atoms with E-state index in [1.165, 1.54) is 12.3 Å². The summed E-state index contributed by atoms with van der Waals surface area (Å²) in [5.41, 5.74) is 0.130. The number of carbonyl (C=O) groups is 1. The highest BCUT2D eigenvalue weighted by Gasteiger charge is 2.27. The van der Waals surface area contributed by atoms with Crippen molar-refractivity contribution < 1.29 is 14.3 Å². The summed E-state index contributed by atoms with van der Waals surface area (Å²) >= 11 is 0. The molecule has 1 N–H and O–H groups in total. The summed E-state index contributed by atoms with van der Waals surface area (Å²) in [6.45, 7) is 10.2. The van der Waals surface area contributed by atoms with E-state index in [1.54, 1.807) is 6.07 Å². The van der Waals surface area contributed by atoms with Gasteiger partial charge in [0.25, 0.3) is 0 Å². The third-order valence-corrected chi connectivity index (χ3v) is 5.57. The van der Waals surface area contributed by atoms with Crippen molar-refractivity contribution in [2.45, 2.75) is 39.7 Å². The van der Waals surface area contributed by atoms with Crippen molar-refractivity contribution >= 4 is 22.6 Å². The zero-order valence-electron chi connectivity index (χ0n) is 16.7. The Balaban J connectivity index is 2.08. The van der Waals surface area contributed by atoms with Gasteiger partial charge in [0, 0.05) is 37.3 Å². The third kappa shape index (κ3) is 3.90. The lowest BCUT2D eigenvalue weighted by atomic mass is 10.1. The topological polar surface area (TPSA) is 65.8 Å². The fourth-order valence-electron chi connectivity index (χ4n) is 3.66. The Morgan fingerprint density at radius 3 is 2.39 bits per heavy atom. The van der Waals surface area contributed by atoms with Crippen molar-refractivity contribution in [2.24, 2.45) is 0 Å². The second-order valence-electron chi connectivity index (χ2n) is 7.24. The molecule has 0 amide bonds. The van der Waals surface area contributed by atoms with E-state index >= 15 is 0 Å². The molecule has 3 rings (SSSR count). The average molecular weight is 389 g/mol. The summed E-state index contributed by atoms with van der Waals surface area (Å²) in [5.74, 6) is -1.77. The monoisotopic (exact) mass is 389 g/mol. The Hall–Kier alpha value is -2.41. The van der Waals surface area contributed by atoms with Crippen molar-refractivity contribution in [3.63, 3.8) is 0 Å². The number of hydrogen-bond donors (Lipinski definition) is 1. The molecule has 1 aliphatic carbocycles. The van der Waals surface area contributed by atoms with E-state index in [9.17, 15) is 19.1 Å². The quantitative estimate of drug-likeness (QED) is 0.713. The van der Waals surface area contributed by atoms with Crippen LogP contribution in [0.2, 0.25) is 0 Å². The molecule has 1 aliphatic rings. The number of halogens is 1. The lowest BCUT2D eigenvalue weighted by Gasteiger charge is -2.28. The van der Waals surface area contributed by atoms with Gasteiger partial charge in [0.2, 0.25) is 5.43 Å². The smallest absolute Gasteiger partial charge is 0.341 e. The van der Waals surface area contributed by atoms with Gasteiger partial charge in [0.1, 0.15) is 11.4 Å². The van der Waals surface area contributed by atoms with Gasteiger partial charge in [-0.2, -0.15) is 0 Å². The largest absolute Gasteiger partial charge is 0.477 e. The molecule has 1 fully saturated rings. The van der Waals surface area contributed by atoms with Crippen LogP contribution in [0.25, 0.3) is 10.9 Å². The van der Waals surface area contributed by atoms with Crippen molar-refractivity contribution in [3.05, 3.63) is 39.9 Å². The van der Waals surface area contributed by atoms with Gasteiger partial charge in [-0.15, -0.1) is 0 Å². The maximum absolute atomic E-state index is 15.0. The van der Waals surface area contributed by atoms with Gasteiger partial charge in [0.05, 0.1) is 11.2 Å². The van der Waals surface area contributed by atoms with Gasteiger partial charge in [-0.25, -0.2) is 9.18 Å². The highest BCUT2D eigenvalue weighted by Crippen LogP contribution is 2.38. The van der Waals surface area contributed by atoms with Crippen molar-refractivity contribution in [1.82, 2.24) is 9.47 Å². The van der Waals surface area contributed by atoms with E-state index in [4.69, 9.17) is 0 Å². The minimum atomic E-state index is -1.28. The van der Waals surface area contributed by atoms with E-state index in [1.807, 2.05) is 16.4 Å². The van der Waals surface area contributed by atoms with Crippen LogP contribution in [0.1, 0.15) is 50.0 Å². The molecule has 6 nitrogen and oxygen atoms in total. The molecule has 28 heavy (non-hydrogen) atoms. The summed E-state index contributed by atoms with van der Waals surface area (Å²) in [6, 6.07) is 3.09. The van der Waals surface area contributed by atoms with E-state index in [2.05, 4.69) is 18.7 Å². The number of nitrogens with zero attached hydrogens (tertiary/aromatic N) is 3. The number of pyridine rings is 1. The number of likely N-dealkylation sites (N-methyl/N-ethyl adjacent to an activating group) is 2. The zero-order valence-corrected chi connectivity index (χ0v) is 16.7.